The second-order valence-corrected chi connectivity index (χ2v) is 10.3. The van der Waals surface area contributed by atoms with E-state index in [1.165, 1.54) is 0 Å². The van der Waals surface area contributed by atoms with E-state index < -0.39 is 33.3 Å². The third-order valence-electron chi connectivity index (χ3n) is 5.99. The molecule has 0 aliphatic carbocycles. The molecule has 1 aliphatic heterocycles. The van der Waals surface area contributed by atoms with Crippen LogP contribution in [0.15, 0.2) is 53.4 Å². The second-order valence-electron chi connectivity index (χ2n) is 8.07. The Labute approximate surface area is 198 Å². The van der Waals surface area contributed by atoms with E-state index in [1.807, 2.05) is 12.1 Å². The minimum atomic E-state index is -3.27. The van der Waals surface area contributed by atoms with Crippen LogP contribution < -0.4 is 10.6 Å². The zero-order valence-electron chi connectivity index (χ0n) is 18.8. The van der Waals surface area contributed by atoms with E-state index in [1.54, 1.807) is 43.3 Å². The number of sulfone groups is 1. The van der Waals surface area contributed by atoms with Crippen molar-refractivity contribution in [3.63, 3.8) is 0 Å². The van der Waals surface area contributed by atoms with Crippen molar-refractivity contribution >= 4 is 21.8 Å². The quantitative estimate of drug-likeness (QED) is 0.521. The van der Waals surface area contributed by atoms with Crippen molar-refractivity contribution in [3.05, 3.63) is 54.1 Å². The Kier molecular flexibility index (Phi) is 7.91. The van der Waals surface area contributed by atoms with Crippen LogP contribution in [-0.2, 0) is 19.4 Å². The van der Waals surface area contributed by atoms with E-state index >= 15 is 0 Å². The number of carbonyl (C=O) groups is 2. The highest BCUT2D eigenvalue weighted by Gasteiger charge is 2.41. The number of carboxylic acid groups (broad SMARTS) is 1. The maximum absolute atomic E-state index is 12.8. The first kappa shape index (κ1) is 25.2. The lowest BCUT2D eigenvalue weighted by atomic mass is 9.88. The summed E-state index contributed by atoms with van der Waals surface area (Å²) in [4.78, 5) is 24.3. The maximum Gasteiger partial charge on any atom is 0.405 e. The van der Waals surface area contributed by atoms with E-state index in [0.717, 1.165) is 11.1 Å². The molecule has 2 aromatic carbocycles. The number of benzene rings is 2. The SMILES string of the molecule is CCS(=O)(=O)c1ccc(-c2ccc(C(C#N)CNC(=O)C3(NC(=O)O)CCOCC3)cc2)cc1. The normalized spacial score (nSPS) is 16.1. The number of carbonyl (C=O) groups excluding carboxylic acids is 1. The Balaban J connectivity index is 1.69. The van der Waals surface area contributed by atoms with Crippen molar-refractivity contribution in [3.8, 4) is 17.2 Å². The summed E-state index contributed by atoms with van der Waals surface area (Å²) in [6.45, 7) is 2.16. The molecule has 34 heavy (non-hydrogen) atoms. The Morgan fingerprint density at radius 3 is 2.15 bits per heavy atom. The van der Waals surface area contributed by atoms with Crippen molar-refractivity contribution in [1.82, 2.24) is 10.6 Å². The number of nitrogens with one attached hydrogen (secondary N) is 2. The predicted molar refractivity (Wildman–Crippen MR) is 125 cm³/mol. The molecular formula is C24H27N3O6S. The average Bonchev–Trinajstić information content (AvgIpc) is 2.85. The number of nitrogens with zero attached hydrogens (tertiary/aromatic N) is 1. The van der Waals surface area contributed by atoms with E-state index in [0.29, 0.717) is 5.56 Å². The van der Waals surface area contributed by atoms with Gasteiger partial charge in [0.25, 0.3) is 0 Å². The molecule has 1 heterocycles. The van der Waals surface area contributed by atoms with E-state index in [9.17, 15) is 23.3 Å². The Bertz CT molecular complexity index is 1160. The summed E-state index contributed by atoms with van der Waals surface area (Å²) in [5.74, 6) is -1.07. The number of rotatable bonds is 8. The predicted octanol–water partition coefficient (Wildman–Crippen LogP) is 2.69. The van der Waals surface area contributed by atoms with Crippen molar-refractivity contribution in [2.24, 2.45) is 0 Å². The Morgan fingerprint density at radius 1 is 1.09 bits per heavy atom. The molecule has 2 aromatic rings. The molecule has 180 valence electrons. The number of hydrogen-bond acceptors (Lipinski definition) is 6. The van der Waals surface area contributed by atoms with Gasteiger partial charge in [-0.1, -0.05) is 43.3 Å². The molecule has 9 nitrogen and oxygen atoms in total. The van der Waals surface area contributed by atoms with Crippen molar-refractivity contribution < 1.29 is 27.9 Å². The number of hydrogen-bond donors (Lipinski definition) is 3. The van der Waals surface area contributed by atoms with Gasteiger partial charge in [-0.25, -0.2) is 13.2 Å². The molecule has 1 unspecified atom stereocenters. The molecular weight excluding hydrogens is 458 g/mol. The van der Waals surface area contributed by atoms with Crippen LogP contribution in [0.5, 0.6) is 0 Å². The van der Waals surface area contributed by atoms with Gasteiger partial charge in [-0.3, -0.25) is 4.79 Å². The van der Waals surface area contributed by atoms with Gasteiger partial charge in [0.05, 0.1) is 22.6 Å². The van der Waals surface area contributed by atoms with Gasteiger partial charge in [-0.15, -0.1) is 0 Å². The second kappa shape index (κ2) is 10.7. The van der Waals surface area contributed by atoms with Gasteiger partial charge >= 0.3 is 6.09 Å². The molecule has 1 saturated heterocycles. The first-order valence-corrected chi connectivity index (χ1v) is 12.6. The van der Waals surface area contributed by atoms with Crippen LogP contribution >= 0.6 is 0 Å². The highest BCUT2D eigenvalue weighted by atomic mass is 32.2. The Hall–Kier alpha value is -3.42. The fraction of sp³-hybridized carbons (Fsp3) is 0.375. The van der Waals surface area contributed by atoms with Crippen LogP contribution in [0.3, 0.4) is 0 Å². The molecule has 3 N–H and O–H groups in total. The third-order valence-corrected chi connectivity index (χ3v) is 7.74. The molecule has 1 aliphatic rings. The molecule has 0 aromatic heterocycles. The smallest absolute Gasteiger partial charge is 0.405 e. The van der Waals surface area contributed by atoms with E-state index in [2.05, 4.69) is 16.7 Å². The molecule has 2 amide bonds. The third kappa shape index (κ3) is 5.73. The first-order chi connectivity index (χ1) is 16.2. The molecule has 1 fully saturated rings. The van der Waals surface area contributed by atoms with Gasteiger partial charge in [0.1, 0.15) is 5.54 Å². The summed E-state index contributed by atoms with van der Waals surface area (Å²) in [6, 6.07) is 16.0. The van der Waals surface area contributed by atoms with Crippen molar-refractivity contribution in [2.45, 2.75) is 36.1 Å². The minimum Gasteiger partial charge on any atom is -0.465 e. The zero-order valence-corrected chi connectivity index (χ0v) is 19.6. The van der Waals surface area contributed by atoms with Gasteiger partial charge in [-0.2, -0.15) is 5.26 Å². The van der Waals surface area contributed by atoms with E-state index in [4.69, 9.17) is 9.84 Å². The summed E-state index contributed by atoms with van der Waals surface area (Å²) in [6.07, 6.45) is -0.852. The number of ether oxygens (including phenoxy) is 1. The molecule has 1 atom stereocenters. The summed E-state index contributed by atoms with van der Waals surface area (Å²) in [7, 11) is -3.27. The highest BCUT2D eigenvalue weighted by molar-refractivity contribution is 7.91. The van der Waals surface area contributed by atoms with Gasteiger partial charge in [0.2, 0.25) is 5.91 Å². The average molecular weight is 486 g/mol. The van der Waals surface area contributed by atoms with Gasteiger partial charge in [0, 0.05) is 32.6 Å². The largest absolute Gasteiger partial charge is 0.465 e. The summed E-state index contributed by atoms with van der Waals surface area (Å²) >= 11 is 0. The summed E-state index contributed by atoms with van der Waals surface area (Å²) < 4.78 is 29.2. The molecule has 10 heteroatoms. The first-order valence-electron chi connectivity index (χ1n) is 10.9. The van der Waals surface area contributed by atoms with Crippen LogP contribution in [0.2, 0.25) is 0 Å². The van der Waals surface area contributed by atoms with Crippen LogP contribution in [-0.4, -0.2) is 56.6 Å². The van der Waals surface area contributed by atoms with Crippen molar-refractivity contribution in [1.29, 1.82) is 5.26 Å². The van der Waals surface area contributed by atoms with Crippen LogP contribution in [0.25, 0.3) is 11.1 Å². The van der Waals surface area contributed by atoms with Gasteiger partial charge < -0.3 is 20.5 Å². The lowest BCUT2D eigenvalue weighted by molar-refractivity contribution is -0.131. The number of amides is 2. The summed E-state index contributed by atoms with van der Waals surface area (Å²) in [5.41, 5.74) is 1.12. The monoisotopic (exact) mass is 485 g/mol. The molecule has 0 spiro atoms. The maximum atomic E-state index is 12.8. The van der Waals surface area contributed by atoms with Crippen LogP contribution in [0.1, 0.15) is 31.2 Å². The van der Waals surface area contributed by atoms with Crippen molar-refractivity contribution in [2.75, 3.05) is 25.5 Å². The Morgan fingerprint density at radius 2 is 1.65 bits per heavy atom. The summed E-state index contributed by atoms with van der Waals surface area (Å²) in [5, 5.41) is 23.8. The van der Waals surface area contributed by atoms with Crippen LogP contribution in [0, 0.1) is 11.3 Å². The van der Waals surface area contributed by atoms with Gasteiger partial charge in [-0.05, 0) is 28.8 Å². The molecule has 3 rings (SSSR count). The minimum absolute atomic E-state index is 0.0299. The van der Waals surface area contributed by atoms with Crippen LogP contribution in [0.4, 0.5) is 4.79 Å². The fourth-order valence-electron chi connectivity index (χ4n) is 3.86. The topological polar surface area (TPSA) is 146 Å². The fourth-order valence-corrected chi connectivity index (χ4v) is 4.75. The molecule has 0 radical (unpaired) electrons. The highest BCUT2D eigenvalue weighted by Crippen LogP contribution is 2.25. The lowest BCUT2D eigenvalue weighted by Crippen LogP contribution is -2.61. The lowest BCUT2D eigenvalue weighted by Gasteiger charge is -2.35. The standard InChI is InChI=1S/C24H27N3O6S/c1-2-34(31,32)21-9-7-18(8-10-21)17-3-5-19(6-4-17)20(15-25)16-26-22(28)24(27-23(29)30)11-13-33-14-12-24/h3-10,20,27H,2,11-14,16H2,1H3,(H,26,28)(H,29,30). The number of nitriles is 1. The zero-order chi connectivity index (χ0) is 24.8. The molecule has 0 bridgehead atoms. The van der Waals surface area contributed by atoms with Gasteiger partial charge in [0.15, 0.2) is 9.84 Å². The molecule has 0 saturated carbocycles. The van der Waals surface area contributed by atoms with E-state index in [-0.39, 0.29) is 43.2 Å².